The largest absolute Gasteiger partial charge is 0.463 e. The van der Waals surface area contributed by atoms with Gasteiger partial charge in [0.05, 0.1) is 18.8 Å². The molecule has 0 amide bonds. The zero-order valence-corrected chi connectivity index (χ0v) is 20.1. The second-order valence-corrected chi connectivity index (χ2v) is 8.15. The number of hydrogen-bond donors (Lipinski definition) is 0. The lowest BCUT2D eigenvalue weighted by Crippen LogP contribution is -2.50. The first-order valence-corrected chi connectivity index (χ1v) is 11.9. The fourth-order valence-electron chi connectivity index (χ4n) is 4.40. The molecule has 1 heterocycles. The standard InChI is InChI=1S/C29H30N2O4/c1-3-34-28(32)25-21-30(20-22-14-8-5-9-15-22)27(23-16-10-6-11-17-23)31(24-18-12-7-13-19-24)26(25)29(33)35-4-2/h5-19,27H,3-4,20-21H2,1-2H3. The molecule has 0 spiro atoms. The molecule has 0 aliphatic carbocycles. The first-order chi connectivity index (χ1) is 17.1. The van der Waals surface area contributed by atoms with E-state index >= 15 is 0 Å². The molecule has 35 heavy (non-hydrogen) atoms. The minimum atomic E-state index is -0.542. The maximum atomic E-state index is 13.4. The number of carbonyl (C=O) groups is 2. The van der Waals surface area contributed by atoms with E-state index in [0.717, 1.165) is 16.8 Å². The van der Waals surface area contributed by atoms with E-state index in [1.54, 1.807) is 13.8 Å². The first-order valence-electron chi connectivity index (χ1n) is 11.9. The highest BCUT2D eigenvalue weighted by Gasteiger charge is 2.42. The van der Waals surface area contributed by atoms with Gasteiger partial charge >= 0.3 is 11.9 Å². The Balaban J connectivity index is 1.95. The third-order valence-electron chi connectivity index (χ3n) is 5.83. The number of benzene rings is 3. The summed E-state index contributed by atoms with van der Waals surface area (Å²) in [5.41, 5.74) is 3.39. The maximum absolute atomic E-state index is 13.4. The summed E-state index contributed by atoms with van der Waals surface area (Å²) in [6.07, 6.45) is -0.351. The Bertz CT molecular complexity index is 1160. The molecule has 6 nitrogen and oxygen atoms in total. The number of nitrogens with zero attached hydrogens (tertiary/aromatic N) is 2. The van der Waals surface area contributed by atoms with Gasteiger partial charge in [-0.3, -0.25) is 4.90 Å². The molecular weight excluding hydrogens is 440 g/mol. The number of anilines is 1. The van der Waals surface area contributed by atoms with Crippen LogP contribution < -0.4 is 4.90 Å². The van der Waals surface area contributed by atoms with Crippen molar-refractivity contribution in [1.29, 1.82) is 0 Å². The van der Waals surface area contributed by atoms with E-state index in [-0.39, 0.29) is 37.2 Å². The normalized spacial score (nSPS) is 16.2. The number of hydrogen-bond acceptors (Lipinski definition) is 6. The van der Waals surface area contributed by atoms with Crippen LogP contribution in [-0.4, -0.2) is 36.6 Å². The summed E-state index contributed by atoms with van der Waals surface area (Å²) >= 11 is 0. The van der Waals surface area contributed by atoms with Gasteiger partial charge in [-0.15, -0.1) is 0 Å². The summed E-state index contributed by atoms with van der Waals surface area (Å²) in [5, 5.41) is 0. The molecule has 3 aromatic carbocycles. The monoisotopic (exact) mass is 470 g/mol. The Morgan fingerprint density at radius 2 is 1.31 bits per heavy atom. The van der Waals surface area contributed by atoms with E-state index in [0.29, 0.717) is 6.54 Å². The number of rotatable bonds is 8. The second kappa shape index (κ2) is 11.5. The van der Waals surface area contributed by atoms with Crippen LogP contribution in [0.5, 0.6) is 0 Å². The van der Waals surface area contributed by atoms with Crippen LogP contribution in [0.3, 0.4) is 0 Å². The zero-order valence-electron chi connectivity index (χ0n) is 20.1. The Labute approximate surface area is 206 Å². The highest BCUT2D eigenvalue weighted by molar-refractivity contribution is 6.04. The average molecular weight is 471 g/mol. The fourth-order valence-corrected chi connectivity index (χ4v) is 4.40. The molecule has 6 heteroatoms. The fraction of sp³-hybridized carbons (Fsp3) is 0.241. The van der Waals surface area contributed by atoms with Crippen molar-refractivity contribution >= 4 is 17.6 Å². The number of carbonyl (C=O) groups excluding carboxylic acids is 2. The van der Waals surface area contributed by atoms with Gasteiger partial charge in [0, 0.05) is 18.8 Å². The predicted octanol–water partition coefficient (Wildman–Crippen LogP) is 5.09. The quantitative estimate of drug-likeness (QED) is 0.428. The van der Waals surface area contributed by atoms with E-state index in [4.69, 9.17) is 9.47 Å². The van der Waals surface area contributed by atoms with Crippen LogP contribution in [0.2, 0.25) is 0 Å². The lowest BCUT2D eigenvalue weighted by Gasteiger charge is -2.46. The van der Waals surface area contributed by atoms with E-state index < -0.39 is 11.9 Å². The molecule has 0 fully saturated rings. The van der Waals surface area contributed by atoms with Gasteiger partial charge in [0.15, 0.2) is 0 Å². The van der Waals surface area contributed by atoms with Crippen molar-refractivity contribution in [2.45, 2.75) is 26.6 Å². The SMILES string of the molecule is CCOC(=O)C1=C(C(=O)OCC)N(c2ccccc2)C(c2ccccc2)N(Cc2ccccc2)C1. The number of esters is 2. The minimum Gasteiger partial charge on any atom is -0.463 e. The molecule has 1 aliphatic heterocycles. The van der Waals surface area contributed by atoms with Crippen LogP contribution >= 0.6 is 0 Å². The number of para-hydroxylation sites is 1. The summed E-state index contributed by atoms with van der Waals surface area (Å²) in [6.45, 7) is 4.74. The molecule has 0 saturated heterocycles. The van der Waals surface area contributed by atoms with Crippen LogP contribution in [0.25, 0.3) is 0 Å². The van der Waals surface area contributed by atoms with Crippen molar-refractivity contribution in [3.8, 4) is 0 Å². The Kier molecular flexibility index (Phi) is 7.95. The van der Waals surface area contributed by atoms with Gasteiger partial charge in [0.2, 0.25) is 0 Å². The highest BCUT2D eigenvalue weighted by atomic mass is 16.5. The Hall–Kier alpha value is -3.90. The summed E-state index contributed by atoms with van der Waals surface area (Å²) < 4.78 is 10.9. The topological polar surface area (TPSA) is 59.1 Å². The molecule has 1 atom stereocenters. The van der Waals surface area contributed by atoms with E-state index in [1.165, 1.54) is 0 Å². The molecule has 0 saturated carbocycles. The molecule has 0 radical (unpaired) electrons. The van der Waals surface area contributed by atoms with Gasteiger partial charge in [0.1, 0.15) is 11.9 Å². The molecule has 0 aromatic heterocycles. The summed E-state index contributed by atoms with van der Waals surface area (Å²) in [7, 11) is 0. The molecule has 1 aliphatic rings. The summed E-state index contributed by atoms with van der Waals surface area (Å²) in [4.78, 5) is 30.7. The molecule has 180 valence electrons. The van der Waals surface area contributed by atoms with E-state index in [1.807, 2.05) is 83.8 Å². The Morgan fingerprint density at radius 1 is 0.771 bits per heavy atom. The van der Waals surface area contributed by atoms with Gasteiger partial charge in [-0.05, 0) is 37.1 Å². The minimum absolute atomic E-state index is 0.199. The van der Waals surface area contributed by atoms with Gasteiger partial charge in [0.25, 0.3) is 0 Å². The van der Waals surface area contributed by atoms with Gasteiger partial charge in [-0.25, -0.2) is 9.59 Å². The molecule has 1 unspecified atom stereocenters. The van der Waals surface area contributed by atoms with Crippen molar-refractivity contribution < 1.29 is 19.1 Å². The summed E-state index contributed by atoms with van der Waals surface area (Å²) in [5.74, 6) is -1.05. The van der Waals surface area contributed by atoms with Crippen LogP contribution in [0.15, 0.2) is 102 Å². The highest BCUT2D eigenvalue weighted by Crippen LogP contribution is 2.40. The average Bonchev–Trinajstić information content (AvgIpc) is 2.90. The van der Waals surface area contributed by atoms with Crippen molar-refractivity contribution in [1.82, 2.24) is 4.90 Å². The van der Waals surface area contributed by atoms with Crippen LogP contribution in [0.4, 0.5) is 5.69 Å². The maximum Gasteiger partial charge on any atom is 0.355 e. The molecule has 4 rings (SSSR count). The second-order valence-electron chi connectivity index (χ2n) is 8.15. The van der Waals surface area contributed by atoms with Crippen LogP contribution in [-0.2, 0) is 25.6 Å². The molecule has 0 bridgehead atoms. The molecular formula is C29H30N2O4. The van der Waals surface area contributed by atoms with Crippen molar-refractivity contribution in [3.05, 3.63) is 113 Å². The van der Waals surface area contributed by atoms with Crippen molar-refractivity contribution in [2.24, 2.45) is 0 Å². The third-order valence-corrected chi connectivity index (χ3v) is 5.83. The zero-order chi connectivity index (χ0) is 24.6. The van der Waals surface area contributed by atoms with E-state index in [2.05, 4.69) is 17.0 Å². The van der Waals surface area contributed by atoms with Crippen LogP contribution in [0, 0.1) is 0 Å². The molecule has 0 N–H and O–H groups in total. The Morgan fingerprint density at radius 3 is 1.91 bits per heavy atom. The number of ether oxygens (including phenoxy) is 2. The van der Waals surface area contributed by atoms with Gasteiger partial charge in [-0.2, -0.15) is 0 Å². The lowest BCUT2D eigenvalue weighted by atomic mass is 9.99. The van der Waals surface area contributed by atoms with Gasteiger partial charge < -0.3 is 14.4 Å². The van der Waals surface area contributed by atoms with Crippen LogP contribution in [0.1, 0.15) is 31.1 Å². The summed E-state index contributed by atoms with van der Waals surface area (Å²) in [6, 6.07) is 29.7. The molecule has 3 aromatic rings. The van der Waals surface area contributed by atoms with Crippen molar-refractivity contribution in [2.75, 3.05) is 24.7 Å². The predicted molar refractivity (Wildman–Crippen MR) is 135 cm³/mol. The lowest BCUT2D eigenvalue weighted by molar-refractivity contribution is -0.142. The van der Waals surface area contributed by atoms with Gasteiger partial charge in [-0.1, -0.05) is 78.9 Å². The van der Waals surface area contributed by atoms with Crippen molar-refractivity contribution in [3.63, 3.8) is 0 Å². The van der Waals surface area contributed by atoms with E-state index in [9.17, 15) is 9.59 Å². The smallest absolute Gasteiger partial charge is 0.355 e. The third kappa shape index (κ3) is 5.44. The first kappa shape index (κ1) is 24.2.